The third-order valence-corrected chi connectivity index (χ3v) is 5.22. The lowest BCUT2D eigenvalue weighted by atomic mass is 9.92. The Labute approximate surface area is 171 Å². The number of rotatable bonds is 9. The van der Waals surface area contributed by atoms with Gasteiger partial charge in [0.15, 0.2) is 5.96 Å². The Bertz CT molecular complexity index is 772. The highest BCUT2D eigenvalue weighted by atomic mass is 32.1. The molecule has 1 amide bonds. The lowest BCUT2D eigenvalue weighted by Crippen LogP contribution is -2.40. The van der Waals surface area contributed by atoms with Crippen molar-refractivity contribution in [3.63, 3.8) is 0 Å². The summed E-state index contributed by atoms with van der Waals surface area (Å²) >= 11 is 1.76. The number of carbonyl (C=O) groups is 1. The van der Waals surface area contributed by atoms with Crippen molar-refractivity contribution in [2.45, 2.75) is 33.1 Å². The van der Waals surface area contributed by atoms with Crippen LogP contribution < -0.4 is 20.7 Å². The molecule has 0 saturated heterocycles. The van der Waals surface area contributed by atoms with Crippen molar-refractivity contribution in [3.05, 3.63) is 46.7 Å². The third-order valence-electron chi connectivity index (χ3n) is 3.98. The molecule has 1 aromatic carbocycles. The summed E-state index contributed by atoms with van der Waals surface area (Å²) in [5, 5.41) is 11.4. The maximum Gasteiger partial charge on any atom is 0.221 e. The van der Waals surface area contributed by atoms with E-state index in [1.54, 1.807) is 11.3 Å². The molecular formula is C21H30N4O2S. The fourth-order valence-electron chi connectivity index (χ4n) is 2.57. The summed E-state index contributed by atoms with van der Waals surface area (Å²) in [7, 11) is 0. The van der Waals surface area contributed by atoms with Gasteiger partial charge in [0.05, 0.1) is 13.1 Å². The van der Waals surface area contributed by atoms with Gasteiger partial charge >= 0.3 is 0 Å². The molecule has 0 radical (unpaired) electrons. The number of ether oxygens (including phenoxy) is 1. The van der Waals surface area contributed by atoms with Gasteiger partial charge in [-0.25, -0.2) is 0 Å². The number of benzene rings is 1. The molecule has 3 N–H and O–H groups in total. The van der Waals surface area contributed by atoms with Crippen molar-refractivity contribution in [1.29, 1.82) is 0 Å². The van der Waals surface area contributed by atoms with Crippen LogP contribution in [0.2, 0.25) is 0 Å². The van der Waals surface area contributed by atoms with Gasteiger partial charge in [-0.1, -0.05) is 26.0 Å². The summed E-state index contributed by atoms with van der Waals surface area (Å²) < 4.78 is 5.77. The smallest absolute Gasteiger partial charge is 0.221 e. The first-order valence-electron chi connectivity index (χ1n) is 9.47. The van der Waals surface area contributed by atoms with Gasteiger partial charge in [-0.05, 0) is 30.5 Å². The molecule has 2 rings (SSSR count). The van der Waals surface area contributed by atoms with E-state index in [4.69, 9.17) is 9.73 Å². The Kier molecular flexibility index (Phi) is 8.32. The number of nitrogens with zero attached hydrogens (tertiary/aromatic N) is 1. The zero-order chi connectivity index (χ0) is 20.4. The number of thiophene rings is 1. The third kappa shape index (κ3) is 7.23. The summed E-state index contributed by atoms with van der Waals surface area (Å²) in [5.41, 5.74) is 0.723. The molecule has 0 aliphatic heterocycles. The summed E-state index contributed by atoms with van der Waals surface area (Å²) in [4.78, 5) is 17.2. The number of aliphatic imine (C=N–C) groups is 1. The van der Waals surface area contributed by atoms with Gasteiger partial charge in [0.25, 0.3) is 0 Å². The monoisotopic (exact) mass is 402 g/mol. The van der Waals surface area contributed by atoms with E-state index < -0.39 is 0 Å². The Balaban J connectivity index is 1.84. The minimum Gasteiger partial charge on any atom is -0.492 e. The summed E-state index contributed by atoms with van der Waals surface area (Å²) in [6, 6.07) is 11.6. The molecule has 7 heteroatoms. The maximum absolute atomic E-state index is 11.1. The SMILES string of the molecule is CCNC(=NCC(C)(C)c1cccs1)NCCOc1cccc(NC(C)=O)c1. The number of guanidine groups is 1. The Morgan fingerprint density at radius 2 is 2.04 bits per heavy atom. The minimum atomic E-state index is -0.101. The Morgan fingerprint density at radius 1 is 1.21 bits per heavy atom. The van der Waals surface area contributed by atoms with Gasteiger partial charge in [-0.3, -0.25) is 9.79 Å². The molecule has 28 heavy (non-hydrogen) atoms. The first-order valence-corrected chi connectivity index (χ1v) is 10.4. The van der Waals surface area contributed by atoms with E-state index in [1.165, 1.54) is 11.8 Å². The van der Waals surface area contributed by atoms with Crippen LogP contribution in [0.4, 0.5) is 5.69 Å². The number of anilines is 1. The van der Waals surface area contributed by atoms with Crippen molar-refractivity contribution < 1.29 is 9.53 Å². The van der Waals surface area contributed by atoms with Crippen LogP contribution in [0.15, 0.2) is 46.8 Å². The standard InChI is InChI=1S/C21H30N4O2S/c1-5-22-20(24-15-21(3,4)19-10-7-13-28-19)23-11-12-27-18-9-6-8-17(14-18)25-16(2)26/h6-10,13-14H,5,11-12,15H2,1-4H3,(H,25,26)(H2,22,23,24). The lowest BCUT2D eigenvalue weighted by molar-refractivity contribution is -0.114. The van der Waals surface area contributed by atoms with Crippen molar-refractivity contribution in [2.75, 3.05) is 31.6 Å². The second-order valence-corrected chi connectivity index (χ2v) is 7.99. The Hall–Kier alpha value is -2.54. The zero-order valence-corrected chi connectivity index (χ0v) is 17.9. The molecule has 6 nitrogen and oxygen atoms in total. The van der Waals surface area contributed by atoms with E-state index in [0.29, 0.717) is 25.4 Å². The van der Waals surface area contributed by atoms with Gasteiger partial charge in [0, 0.05) is 35.5 Å². The largest absolute Gasteiger partial charge is 0.492 e. The molecule has 0 unspecified atom stereocenters. The second kappa shape index (κ2) is 10.7. The van der Waals surface area contributed by atoms with Crippen LogP contribution in [0.1, 0.15) is 32.6 Å². The number of nitrogens with one attached hydrogen (secondary N) is 3. The van der Waals surface area contributed by atoms with E-state index in [9.17, 15) is 4.79 Å². The van der Waals surface area contributed by atoms with Crippen LogP contribution in [0.3, 0.4) is 0 Å². The van der Waals surface area contributed by atoms with E-state index in [1.807, 2.05) is 31.2 Å². The van der Waals surface area contributed by atoms with E-state index >= 15 is 0 Å². The van der Waals surface area contributed by atoms with E-state index in [2.05, 4.69) is 47.3 Å². The summed E-state index contributed by atoms with van der Waals surface area (Å²) in [6.45, 7) is 10.5. The van der Waals surface area contributed by atoms with Crippen LogP contribution >= 0.6 is 11.3 Å². The second-order valence-electron chi connectivity index (χ2n) is 7.04. The number of carbonyl (C=O) groups excluding carboxylic acids is 1. The topological polar surface area (TPSA) is 74.8 Å². The quantitative estimate of drug-likeness (QED) is 0.340. The molecule has 0 bridgehead atoms. The number of amides is 1. The van der Waals surface area contributed by atoms with Gasteiger partial charge in [-0.15, -0.1) is 11.3 Å². The molecule has 2 aromatic rings. The number of hydrogen-bond acceptors (Lipinski definition) is 4. The highest BCUT2D eigenvalue weighted by Gasteiger charge is 2.21. The van der Waals surface area contributed by atoms with Crippen LogP contribution in [0.25, 0.3) is 0 Å². The van der Waals surface area contributed by atoms with Gasteiger partial charge in [-0.2, -0.15) is 0 Å². The molecule has 152 valence electrons. The van der Waals surface area contributed by atoms with Crippen LogP contribution in [-0.2, 0) is 10.2 Å². The molecule has 1 aromatic heterocycles. The van der Waals surface area contributed by atoms with Crippen LogP contribution in [-0.4, -0.2) is 38.1 Å². The van der Waals surface area contributed by atoms with Gasteiger partial charge in [0.2, 0.25) is 5.91 Å². The highest BCUT2D eigenvalue weighted by molar-refractivity contribution is 7.10. The van der Waals surface area contributed by atoms with Crippen molar-refractivity contribution >= 4 is 28.9 Å². The molecule has 0 fully saturated rings. The number of hydrogen-bond donors (Lipinski definition) is 3. The average molecular weight is 403 g/mol. The first kappa shape index (κ1) is 21.8. The molecule has 0 saturated carbocycles. The summed E-state index contributed by atoms with van der Waals surface area (Å²) in [6.07, 6.45) is 0. The minimum absolute atomic E-state index is 0.00281. The van der Waals surface area contributed by atoms with Gasteiger partial charge in [0.1, 0.15) is 12.4 Å². The molecule has 0 spiro atoms. The fraction of sp³-hybridized carbons (Fsp3) is 0.429. The predicted molar refractivity (Wildman–Crippen MR) is 118 cm³/mol. The average Bonchev–Trinajstić information content (AvgIpc) is 3.19. The molecule has 0 aliphatic carbocycles. The highest BCUT2D eigenvalue weighted by Crippen LogP contribution is 2.27. The normalized spacial score (nSPS) is 11.8. The van der Waals surface area contributed by atoms with Crippen molar-refractivity contribution in [2.24, 2.45) is 4.99 Å². The maximum atomic E-state index is 11.1. The predicted octanol–water partition coefficient (Wildman–Crippen LogP) is 3.62. The molecular weight excluding hydrogens is 372 g/mol. The van der Waals surface area contributed by atoms with E-state index in [-0.39, 0.29) is 11.3 Å². The fourth-order valence-corrected chi connectivity index (χ4v) is 3.41. The van der Waals surface area contributed by atoms with Crippen molar-refractivity contribution in [1.82, 2.24) is 10.6 Å². The van der Waals surface area contributed by atoms with Gasteiger partial charge < -0.3 is 20.7 Å². The summed E-state index contributed by atoms with van der Waals surface area (Å²) in [5.74, 6) is 1.40. The Morgan fingerprint density at radius 3 is 2.71 bits per heavy atom. The molecule has 1 heterocycles. The zero-order valence-electron chi connectivity index (χ0n) is 17.0. The van der Waals surface area contributed by atoms with Crippen molar-refractivity contribution in [3.8, 4) is 5.75 Å². The molecule has 0 aliphatic rings. The molecule has 0 atom stereocenters. The van der Waals surface area contributed by atoms with E-state index in [0.717, 1.165) is 18.2 Å². The van der Waals surface area contributed by atoms with Crippen LogP contribution in [0.5, 0.6) is 5.75 Å². The first-order chi connectivity index (χ1) is 13.4. The lowest BCUT2D eigenvalue weighted by Gasteiger charge is -2.22. The van der Waals surface area contributed by atoms with Crippen LogP contribution in [0, 0.1) is 0 Å².